The molecular formula is C16H26N2O2. The van der Waals surface area contributed by atoms with E-state index in [9.17, 15) is 9.59 Å². The predicted molar refractivity (Wildman–Crippen MR) is 82.8 cm³/mol. The Morgan fingerprint density at radius 3 is 2.15 bits per heavy atom. The molecule has 0 aliphatic carbocycles. The Hall–Kier alpha value is -1.52. The summed E-state index contributed by atoms with van der Waals surface area (Å²) in [6, 6.07) is 10.0. The lowest BCUT2D eigenvalue weighted by Gasteiger charge is -2.17. The molecule has 0 radical (unpaired) electrons. The van der Waals surface area contributed by atoms with E-state index in [0.717, 1.165) is 12.7 Å². The number of nitrogens with one attached hydrogen (secondary N) is 2. The minimum absolute atomic E-state index is 0.0626. The van der Waals surface area contributed by atoms with Crippen molar-refractivity contribution in [2.75, 3.05) is 20.6 Å². The largest absolute Gasteiger partial charge is 0.313 e. The number of benzene rings is 1. The first-order valence-electron chi connectivity index (χ1n) is 6.89. The highest BCUT2D eigenvalue weighted by Crippen LogP contribution is 2.07. The Morgan fingerprint density at radius 1 is 1.20 bits per heavy atom. The van der Waals surface area contributed by atoms with Gasteiger partial charge in [-0.15, -0.1) is 0 Å². The third-order valence-electron chi connectivity index (χ3n) is 2.83. The highest BCUT2D eigenvalue weighted by molar-refractivity contribution is 5.85. The van der Waals surface area contributed by atoms with Crippen LogP contribution in [0.4, 0.5) is 0 Å². The summed E-state index contributed by atoms with van der Waals surface area (Å²) < 4.78 is 0. The van der Waals surface area contributed by atoms with E-state index in [0.29, 0.717) is 6.54 Å². The third kappa shape index (κ3) is 7.81. The van der Waals surface area contributed by atoms with Crippen LogP contribution in [0, 0.1) is 5.92 Å². The zero-order valence-electron chi connectivity index (χ0n) is 12.8. The summed E-state index contributed by atoms with van der Waals surface area (Å²) in [6.45, 7) is 4.34. The molecule has 2 N–H and O–H groups in total. The molecule has 1 aromatic carbocycles. The molecule has 112 valence electrons. The predicted octanol–water partition coefficient (Wildman–Crippen LogP) is 1.45. The summed E-state index contributed by atoms with van der Waals surface area (Å²) in [6.07, 6.45) is 1.59. The molecule has 0 saturated heterocycles. The van der Waals surface area contributed by atoms with Crippen LogP contribution >= 0.6 is 0 Å². The van der Waals surface area contributed by atoms with E-state index in [1.807, 2.05) is 39.1 Å². The Balaban J connectivity index is 0.000000621. The van der Waals surface area contributed by atoms with E-state index in [1.54, 1.807) is 7.05 Å². The van der Waals surface area contributed by atoms with Gasteiger partial charge in [-0.2, -0.15) is 0 Å². The fourth-order valence-corrected chi connectivity index (χ4v) is 1.68. The van der Waals surface area contributed by atoms with Crippen LogP contribution in [0.25, 0.3) is 0 Å². The summed E-state index contributed by atoms with van der Waals surface area (Å²) in [4.78, 5) is 21.2. The van der Waals surface area contributed by atoms with Gasteiger partial charge < -0.3 is 15.4 Å². The molecule has 0 aliphatic heterocycles. The average molecular weight is 278 g/mol. The lowest BCUT2D eigenvalue weighted by molar-refractivity contribution is -0.123. The molecule has 0 saturated carbocycles. The van der Waals surface area contributed by atoms with Crippen molar-refractivity contribution in [2.24, 2.45) is 5.92 Å². The van der Waals surface area contributed by atoms with E-state index >= 15 is 0 Å². The minimum Gasteiger partial charge on any atom is -0.313 e. The third-order valence-corrected chi connectivity index (χ3v) is 2.83. The number of rotatable bonds is 7. The molecular weight excluding hydrogens is 252 g/mol. The van der Waals surface area contributed by atoms with Gasteiger partial charge >= 0.3 is 0 Å². The smallest absolute Gasteiger partial charge is 0.152 e. The molecule has 20 heavy (non-hydrogen) atoms. The van der Waals surface area contributed by atoms with E-state index in [-0.39, 0.29) is 17.7 Å². The van der Waals surface area contributed by atoms with Gasteiger partial charge in [0.25, 0.3) is 0 Å². The first kappa shape index (κ1) is 18.5. The zero-order valence-corrected chi connectivity index (χ0v) is 12.8. The van der Waals surface area contributed by atoms with E-state index in [4.69, 9.17) is 0 Å². The van der Waals surface area contributed by atoms with E-state index in [1.165, 1.54) is 5.56 Å². The Morgan fingerprint density at radius 2 is 1.80 bits per heavy atom. The maximum atomic E-state index is 11.8. The van der Waals surface area contributed by atoms with Crippen LogP contribution < -0.4 is 10.6 Å². The Labute approximate surface area is 122 Å². The Bertz CT molecular complexity index is 377. The highest BCUT2D eigenvalue weighted by Gasteiger charge is 2.19. The molecule has 0 fully saturated rings. The summed E-state index contributed by atoms with van der Waals surface area (Å²) in [5.74, 6) is 0.368. The van der Waals surface area contributed by atoms with Gasteiger partial charge in [0.2, 0.25) is 0 Å². The van der Waals surface area contributed by atoms with E-state index in [2.05, 4.69) is 22.8 Å². The first-order valence-corrected chi connectivity index (χ1v) is 6.89. The number of Topliss-reactive ketones (excluding diaryl/α,β-unsaturated/α-hetero) is 1. The van der Waals surface area contributed by atoms with Crippen molar-refractivity contribution >= 4 is 12.1 Å². The monoisotopic (exact) mass is 278 g/mol. The summed E-state index contributed by atoms with van der Waals surface area (Å²) in [5, 5.41) is 5.73. The quantitative estimate of drug-likeness (QED) is 0.741. The van der Waals surface area contributed by atoms with Crippen molar-refractivity contribution in [1.82, 2.24) is 10.6 Å². The van der Waals surface area contributed by atoms with Crippen molar-refractivity contribution in [1.29, 1.82) is 0 Å². The fourth-order valence-electron chi connectivity index (χ4n) is 1.68. The molecule has 0 aromatic heterocycles. The van der Waals surface area contributed by atoms with Gasteiger partial charge in [0.15, 0.2) is 5.78 Å². The minimum atomic E-state index is -0.0626. The Kier molecular flexibility index (Phi) is 10.5. The fraction of sp³-hybridized carbons (Fsp3) is 0.500. The SMILES string of the molecule is CNC(Cc1ccccc1)C(=O)C(C)C.CNCC=O. The van der Waals surface area contributed by atoms with Crippen LogP contribution in [0.1, 0.15) is 19.4 Å². The van der Waals surface area contributed by atoms with Gasteiger partial charge in [0.05, 0.1) is 12.6 Å². The number of ketones is 1. The number of aldehydes is 1. The maximum Gasteiger partial charge on any atom is 0.152 e. The second kappa shape index (κ2) is 11.3. The van der Waals surface area contributed by atoms with Gasteiger partial charge in [0.1, 0.15) is 6.29 Å². The number of carbonyl (C=O) groups is 2. The van der Waals surface area contributed by atoms with Gasteiger partial charge in [0, 0.05) is 5.92 Å². The van der Waals surface area contributed by atoms with Gasteiger partial charge in [-0.3, -0.25) is 4.79 Å². The topological polar surface area (TPSA) is 58.2 Å². The molecule has 1 unspecified atom stereocenters. The maximum absolute atomic E-state index is 11.8. The zero-order chi connectivity index (χ0) is 15.4. The van der Waals surface area contributed by atoms with Gasteiger partial charge in [-0.05, 0) is 26.1 Å². The van der Waals surface area contributed by atoms with Crippen LogP contribution in [0.2, 0.25) is 0 Å². The van der Waals surface area contributed by atoms with Crippen molar-refractivity contribution in [2.45, 2.75) is 26.3 Å². The molecule has 0 amide bonds. The second-order valence-corrected chi connectivity index (χ2v) is 4.81. The molecule has 0 heterocycles. The molecule has 0 aliphatic rings. The normalized spacial score (nSPS) is 11.4. The summed E-state index contributed by atoms with van der Waals surface area (Å²) in [5.41, 5.74) is 1.20. The standard InChI is InChI=1S/C13H19NO.C3H7NO/c1-10(2)13(15)12(14-3)9-11-7-5-4-6-8-11;1-4-2-3-5/h4-8,10,12,14H,9H2,1-3H3;3-4H,2H2,1H3. The molecule has 1 atom stereocenters. The molecule has 1 rings (SSSR count). The molecule has 0 bridgehead atoms. The van der Waals surface area contributed by atoms with Crippen molar-refractivity contribution in [3.63, 3.8) is 0 Å². The molecule has 1 aromatic rings. The van der Waals surface area contributed by atoms with Gasteiger partial charge in [-0.25, -0.2) is 0 Å². The van der Waals surface area contributed by atoms with Crippen LogP contribution in [0.15, 0.2) is 30.3 Å². The van der Waals surface area contributed by atoms with Crippen molar-refractivity contribution in [3.05, 3.63) is 35.9 Å². The summed E-state index contributed by atoms with van der Waals surface area (Å²) in [7, 11) is 3.57. The molecule has 0 spiro atoms. The van der Waals surface area contributed by atoms with Crippen LogP contribution in [0.5, 0.6) is 0 Å². The van der Waals surface area contributed by atoms with Crippen LogP contribution in [0.3, 0.4) is 0 Å². The van der Waals surface area contributed by atoms with Crippen molar-refractivity contribution in [3.8, 4) is 0 Å². The second-order valence-electron chi connectivity index (χ2n) is 4.81. The first-order chi connectivity index (χ1) is 9.56. The van der Waals surface area contributed by atoms with Crippen LogP contribution in [-0.2, 0) is 16.0 Å². The lowest BCUT2D eigenvalue weighted by Crippen LogP contribution is -2.38. The number of hydrogen-bond acceptors (Lipinski definition) is 4. The highest BCUT2D eigenvalue weighted by atomic mass is 16.1. The molecule has 4 nitrogen and oxygen atoms in total. The molecule has 4 heteroatoms. The number of carbonyl (C=O) groups excluding carboxylic acids is 2. The summed E-state index contributed by atoms with van der Waals surface area (Å²) >= 11 is 0. The van der Waals surface area contributed by atoms with E-state index < -0.39 is 0 Å². The average Bonchev–Trinajstić information content (AvgIpc) is 2.46. The number of hydrogen-bond donors (Lipinski definition) is 2. The van der Waals surface area contributed by atoms with Crippen LogP contribution in [-0.4, -0.2) is 38.8 Å². The lowest BCUT2D eigenvalue weighted by atomic mass is 9.96. The van der Waals surface area contributed by atoms with Crippen molar-refractivity contribution < 1.29 is 9.59 Å². The van der Waals surface area contributed by atoms with Gasteiger partial charge in [-0.1, -0.05) is 44.2 Å². The number of likely N-dealkylation sites (N-methyl/N-ethyl adjacent to an activating group) is 2.